The number of hydrogen-bond donors (Lipinski definition) is 0. The first-order valence-corrected chi connectivity index (χ1v) is 11.7. The number of nitriles is 1. The van der Waals surface area contributed by atoms with Crippen molar-refractivity contribution in [2.45, 2.75) is 30.3 Å². The van der Waals surface area contributed by atoms with E-state index in [4.69, 9.17) is 10.00 Å². The van der Waals surface area contributed by atoms with Gasteiger partial charge in [0.1, 0.15) is 11.4 Å². The van der Waals surface area contributed by atoms with Crippen LogP contribution in [0.5, 0.6) is 0 Å². The van der Waals surface area contributed by atoms with E-state index in [0.29, 0.717) is 17.5 Å². The van der Waals surface area contributed by atoms with Gasteiger partial charge in [-0.05, 0) is 48.9 Å². The van der Waals surface area contributed by atoms with Gasteiger partial charge >= 0.3 is 0 Å². The normalized spacial score (nSPS) is 17.9. The van der Waals surface area contributed by atoms with Crippen LogP contribution in [0.3, 0.4) is 0 Å². The highest BCUT2D eigenvalue weighted by atomic mass is 32.2. The maximum atomic E-state index is 13.6. The molecule has 0 aliphatic carbocycles. The number of nitro benzene ring substituents is 1. The average molecular weight is 461 g/mol. The van der Waals surface area contributed by atoms with Crippen LogP contribution in [-0.2, 0) is 21.0 Å². The van der Waals surface area contributed by atoms with Crippen LogP contribution in [-0.4, -0.2) is 18.9 Å². The average Bonchev–Trinajstić information content (AvgIpc) is 3.18. The Morgan fingerprint density at radius 3 is 2.24 bits per heavy atom. The molecular formula is C25H20N2O5S. The summed E-state index contributed by atoms with van der Waals surface area (Å²) in [7, 11) is -3.94. The molecule has 0 saturated heterocycles. The van der Waals surface area contributed by atoms with Crippen LogP contribution in [0.2, 0.25) is 0 Å². The predicted octanol–water partition coefficient (Wildman–Crippen LogP) is 5.03. The van der Waals surface area contributed by atoms with Gasteiger partial charge < -0.3 is 4.74 Å². The van der Waals surface area contributed by atoms with Crippen LogP contribution in [0.25, 0.3) is 5.76 Å². The molecule has 3 aromatic rings. The van der Waals surface area contributed by atoms with Crippen molar-refractivity contribution in [2.24, 2.45) is 0 Å². The molecule has 4 rings (SSSR count). The molecule has 0 spiro atoms. The smallest absolute Gasteiger partial charge is 0.269 e. The fourth-order valence-corrected chi connectivity index (χ4v) is 5.59. The van der Waals surface area contributed by atoms with E-state index in [-0.39, 0.29) is 27.7 Å². The second kappa shape index (κ2) is 8.52. The summed E-state index contributed by atoms with van der Waals surface area (Å²) < 4.78 is 33.5. The van der Waals surface area contributed by atoms with Gasteiger partial charge in [-0.1, -0.05) is 30.3 Å². The number of nitrogens with zero attached hydrogens (tertiary/aromatic N) is 2. The minimum absolute atomic E-state index is 0.0588. The molecule has 0 amide bonds. The number of sulfone groups is 1. The highest BCUT2D eigenvalue weighted by molar-refractivity contribution is 7.95. The Hall–Kier alpha value is -3.96. The molecule has 166 valence electrons. The Kier molecular flexibility index (Phi) is 5.75. The van der Waals surface area contributed by atoms with Gasteiger partial charge in [0.05, 0.1) is 26.4 Å². The Labute approximate surface area is 191 Å². The molecule has 0 fully saturated rings. The molecule has 0 radical (unpaired) electrons. The second-order valence-electron chi connectivity index (χ2n) is 8.09. The van der Waals surface area contributed by atoms with E-state index in [1.54, 1.807) is 0 Å². The van der Waals surface area contributed by atoms with Crippen LogP contribution in [0.15, 0.2) is 88.7 Å². The molecule has 1 aliphatic rings. The number of nitro groups is 1. The zero-order valence-corrected chi connectivity index (χ0v) is 18.6. The molecule has 1 unspecified atom stereocenters. The summed E-state index contributed by atoms with van der Waals surface area (Å²) >= 11 is 0. The van der Waals surface area contributed by atoms with Crippen molar-refractivity contribution in [2.75, 3.05) is 0 Å². The summed E-state index contributed by atoms with van der Waals surface area (Å²) in [5.41, 5.74) is 0.883. The Balaban J connectivity index is 1.79. The lowest BCUT2D eigenvalue weighted by Crippen LogP contribution is -2.27. The molecule has 8 heteroatoms. The maximum absolute atomic E-state index is 13.6. The van der Waals surface area contributed by atoms with Crippen molar-refractivity contribution in [3.05, 3.63) is 111 Å². The SMILES string of the molecule is CC1(Cc2ccccc2)CC(S(=O)(=O)c2ccc(C#N)cc2)=C(c2ccc([N+](=O)[O-])cc2)O1. The third kappa shape index (κ3) is 4.49. The van der Waals surface area contributed by atoms with Crippen LogP contribution < -0.4 is 0 Å². The van der Waals surface area contributed by atoms with Crippen molar-refractivity contribution in [3.63, 3.8) is 0 Å². The Morgan fingerprint density at radius 1 is 1.03 bits per heavy atom. The van der Waals surface area contributed by atoms with Gasteiger partial charge in [-0.15, -0.1) is 0 Å². The Morgan fingerprint density at radius 2 is 1.67 bits per heavy atom. The minimum atomic E-state index is -3.94. The standard InChI is InChI=1S/C25H20N2O5S/c1-25(15-18-5-3-2-4-6-18)16-23(33(30,31)22-13-7-19(17-26)8-14-22)24(32-25)20-9-11-21(12-10-20)27(28)29/h2-14H,15-16H2,1H3. The monoisotopic (exact) mass is 460 g/mol. The van der Waals surface area contributed by atoms with Gasteiger partial charge in [0.25, 0.3) is 5.69 Å². The third-order valence-electron chi connectivity index (χ3n) is 5.52. The summed E-state index contributed by atoms with van der Waals surface area (Å²) in [6.45, 7) is 1.85. The molecule has 33 heavy (non-hydrogen) atoms. The van der Waals surface area contributed by atoms with Gasteiger partial charge in [0, 0.05) is 30.5 Å². The topological polar surface area (TPSA) is 110 Å². The lowest BCUT2D eigenvalue weighted by Gasteiger charge is -2.25. The van der Waals surface area contributed by atoms with Crippen LogP contribution in [0.1, 0.15) is 30.0 Å². The van der Waals surface area contributed by atoms with E-state index in [1.807, 2.05) is 43.3 Å². The number of benzene rings is 3. The number of rotatable bonds is 6. The van der Waals surface area contributed by atoms with E-state index in [2.05, 4.69) is 0 Å². The van der Waals surface area contributed by atoms with Gasteiger partial charge in [0.15, 0.2) is 0 Å². The summed E-state index contributed by atoms with van der Waals surface area (Å²) in [6.07, 6.45) is 0.618. The molecule has 0 bridgehead atoms. The van der Waals surface area contributed by atoms with Crippen molar-refractivity contribution in [1.29, 1.82) is 5.26 Å². The molecule has 0 N–H and O–H groups in total. The van der Waals surface area contributed by atoms with E-state index in [9.17, 15) is 18.5 Å². The fraction of sp³-hybridized carbons (Fsp3) is 0.160. The van der Waals surface area contributed by atoms with Crippen molar-refractivity contribution >= 4 is 21.3 Å². The highest BCUT2D eigenvalue weighted by Gasteiger charge is 2.43. The maximum Gasteiger partial charge on any atom is 0.269 e. The van der Waals surface area contributed by atoms with Crippen molar-refractivity contribution in [3.8, 4) is 6.07 Å². The number of hydrogen-bond acceptors (Lipinski definition) is 6. The van der Waals surface area contributed by atoms with Gasteiger partial charge in [-0.2, -0.15) is 5.26 Å². The Bertz CT molecular complexity index is 1370. The quantitative estimate of drug-likeness (QED) is 0.377. The lowest BCUT2D eigenvalue weighted by molar-refractivity contribution is -0.384. The predicted molar refractivity (Wildman–Crippen MR) is 123 cm³/mol. The van der Waals surface area contributed by atoms with E-state index < -0.39 is 20.4 Å². The molecule has 0 saturated carbocycles. The zero-order valence-electron chi connectivity index (χ0n) is 17.8. The first kappa shape index (κ1) is 22.2. The van der Waals surface area contributed by atoms with Crippen LogP contribution >= 0.6 is 0 Å². The molecule has 1 heterocycles. The fourth-order valence-electron chi connectivity index (χ4n) is 3.91. The summed E-state index contributed by atoms with van der Waals surface area (Å²) in [5.74, 6) is 0.188. The summed E-state index contributed by atoms with van der Waals surface area (Å²) in [6, 6.07) is 23.0. The molecule has 0 aromatic heterocycles. The number of ether oxygens (including phenoxy) is 1. The molecular weight excluding hydrogens is 440 g/mol. The van der Waals surface area contributed by atoms with E-state index >= 15 is 0 Å². The largest absolute Gasteiger partial charge is 0.485 e. The number of non-ortho nitro benzene ring substituents is 1. The molecule has 3 aromatic carbocycles. The summed E-state index contributed by atoms with van der Waals surface area (Å²) in [5, 5.41) is 20.1. The molecule has 7 nitrogen and oxygen atoms in total. The first-order chi connectivity index (χ1) is 15.7. The van der Waals surface area contributed by atoms with Crippen LogP contribution in [0.4, 0.5) is 5.69 Å². The van der Waals surface area contributed by atoms with Crippen molar-refractivity contribution in [1.82, 2.24) is 0 Å². The van der Waals surface area contributed by atoms with Gasteiger partial charge in [-0.25, -0.2) is 8.42 Å². The van der Waals surface area contributed by atoms with Crippen LogP contribution in [0, 0.1) is 21.4 Å². The third-order valence-corrected chi connectivity index (χ3v) is 7.39. The molecule has 1 atom stereocenters. The zero-order chi connectivity index (χ0) is 23.6. The van der Waals surface area contributed by atoms with Crippen molar-refractivity contribution < 1.29 is 18.1 Å². The molecule has 1 aliphatic heterocycles. The van der Waals surface area contributed by atoms with Gasteiger partial charge in [-0.3, -0.25) is 10.1 Å². The second-order valence-corrected chi connectivity index (χ2v) is 10.1. The summed E-state index contributed by atoms with van der Waals surface area (Å²) in [4.78, 5) is 10.7. The minimum Gasteiger partial charge on any atom is -0.485 e. The van der Waals surface area contributed by atoms with E-state index in [0.717, 1.165) is 5.56 Å². The highest BCUT2D eigenvalue weighted by Crippen LogP contribution is 2.45. The van der Waals surface area contributed by atoms with Gasteiger partial charge in [0.2, 0.25) is 9.84 Å². The van der Waals surface area contributed by atoms with E-state index in [1.165, 1.54) is 48.5 Å². The first-order valence-electron chi connectivity index (χ1n) is 10.2. The lowest BCUT2D eigenvalue weighted by atomic mass is 9.94.